The van der Waals surface area contributed by atoms with E-state index in [2.05, 4.69) is 50.4 Å². The summed E-state index contributed by atoms with van der Waals surface area (Å²) in [7, 11) is 4.48. The Bertz CT molecular complexity index is 1830. The monoisotopic (exact) mass is 634 g/mol. The van der Waals surface area contributed by atoms with Gasteiger partial charge in [0.25, 0.3) is 5.91 Å². The van der Waals surface area contributed by atoms with Gasteiger partial charge in [0.1, 0.15) is 5.82 Å². The van der Waals surface area contributed by atoms with Crippen molar-refractivity contribution >= 4 is 23.1 Å². The number of methoxy groups -OCH3 is 3. The molecule has 0 unspecified atom stereocenters. The highest BCUT2D eigenvalue weighted by Gasteiger charge is 2.42. The zero-order valence-corrected chi connectivity index (χ0v) is 27.5. The fraction of sp³-hybridized carbons (Fsp3) is 0.282. The van der Waals surface area contributed by atoms with E-state index in [1.54, 1.807) is 29.2 Å². The maximum absolute atomic E-state index is 14.8. The van der Waals surface area contributed by atoms with E-state index in [0.717, 1.165) is 11.3 Å². The van der Waals surface area contributed by atoms with Gasteiger partial charge in [-0.15, -0.1) is 0 Å². The lowest BCUT2D eigenvalue weighted by Crippen LogP contribution is -2.38. The third-order valence-corrected chi connectivity index (χ3v) is 9.05. The topological polar surface area (TPSA) is 77.1 Å². The second-order valence-electron chi connectivity index (χ2n) is 13.0. The average Bonchev–Trinajstić information content (AvgIpc) is 3.22. The minimum atomic E-state index is -0.843. The molecule has 4 aromatic rings. The predicted molar refractivity (Wildman–Crippen MR) is 181 cm³/mol. The molecule has 242 valence electrons. The maximum atomic E-state index is 14.8. The van der Waals surface area contributed by atoms with E-state index in [9.17, 15) is 14.0 Å². The first-order chi connectivity index (χ1) is 22.5. The molecule has 1 heterocycles. The molecule has 0 fully saturated rings. The van der Waals surface area contributed by atoms with Crippen molar-refractivity contribution in [2.45, 2.75) is 51.0 Å². The number of fused-ring (bicyclic) bond motifs is 1. The van der Waals surface area contributed by atoms with Crippen LogP contribution in [0.2, 0.25) is 0 Å². The fourth-order valence-corrected chi connectivity index (χ4v) is 6.61. The molecule has 0 spiro atoms. The number of hydrogen-bond acceptors (Lipinski definition) is 6. The number of Topliss-reactive ketones (excluding diaryl/α,β-unsaturated/α-hetero) is 1. The summed E-state index contributed by atoms with van der Waals surface area (Å²) in [4.78, 5) is 30.9. The molecule has 1 aliphatic carbocycles. The summed E-state index contributed by atoms with van der Waals surface area (Å²) < 4.78 is 30.9. The molecule has 1 N–H and O–H groups in total. The molecule has 2 atom stereocenters. The van der Waals surface area contributed by atoms with Gasteiger partial charge in [-0.25, -0.2) is 4.39 Å². The number of ether oxygens (including phenoxy) is 3. The summed E-state index contributed by atoms with van der Waals surface area (Å²) in [5, 5.41) is 3.56. The van der Waals surface area contributed by atoms with Gasteiger partial charge in [0.2, 0.25) is 5.75 Å². The smallest absolute Gasteiger partial charge is 0.259 e. The van der Waals surface area contributed by atoms with Gasteiger partial charge in [-0.3, -0.25) is 14.5 Å². The number of carbonyl (C=O) groups excluding carboxylic acids is 2. The summed E-state index contributed by atoms with van der Waals surface area (Å²) in [5.41, 5.74) is 5.69. The third-order valence-electron chi connectivity index (χ3n) is 9.05. The van der Waals surface area contributed by atoms with Crippen LogP contribution >= 0.6 is 0 Å². The van der Waals surface area contributed by atoms with E-state index in [-0.39, 0.29) is 29.1 Å². The van der Waals surface area contributed by atoms with Gasteiger partial charge >= 0.3 is 0 Å². The Morgan fingerprint density at radius 2 is 1.45 bits per heavy atom. The van der Waals surface area contributed by atoms with Crippen molar-refractivity contribution in [2.75, 3.05) is 31.5 Å². The van der Waals surface area contributed by atoms with Crippen LogP contribution in [0.15, 0.2) is 96.2 Å². The summed E-state index contributed by atoms with van der Waals surface area (Å²) in [6.07, 6.45) is 0.837. The highest BCUT2D eigenvalue weighted by atomic mass is 19.1. The first kappa shape index (κ1) is 31.9. The van der Waals surface area contributed by atoms with Crippen molar-refractivity contribution < 1.29 is 28.2 Å². The van der Waals surface area contributed by atoms with Crippen molar-refractivity contribution in [2.24, 2.45) is 0 Å². The van der Waals surface area contributed by atoms with Gasteiger partial charge in [-0.05, 0) is 70.8 Å². The van der Waals surface area contributed by atoms with Crippen LogP contribution in [0.4, 0.5) is 15.8 Å². The van der Waals surface area contributed by atoms with Gasteiger partial charge in [-0.1, -0.05) is 69.3 Å². The summed E-state index contributed by atoms with van der Waals surface area (Å²) >= 11 is 0. The maximum Gasteiger partial charge on any atom is 0.259 e. The van der Waals surface area contributed by atoms with E-state index in [1.807, 2.05) is 24.3 Å². The second kappa shape index (κ2) is 12.6. The van der Waals surface area contributed by atoms with E-state index >= 15 is 0 Å². The number of carbonyl (C=O) groups is 2. The number of amides is 1. The molecular weight excluding hydrogens is 595 g/mol. The first-order valence-corrected chi connectivity index (χ1v) is 15.7. The molecule has 1 amide bonds. The normalized spacial score (nSPS) is 17.7. The number of hydrogen-bond donors (Lipinski definition) is 1. The molecule has 8 heteroatoms. The lowest BCUT2D eigenvalue weighted by atomic mass is 9.77. The number of benzene rings is 4. The number of rotatable bonds is 6. The molecule has 1 aliphatic heterocycles. The van der Waals surface area contributed by atoms with Crippen LogP contribution in [0, 0.1) is 5.82 Å². The van der Waals surface area contributed by atoms with Crippen LogP contribution in [-0.2, 0) is 10.2 Å². The van der Waals surface area contributed by atoms with E-state index < -0.39 is 17.8 Å². The Labute approximate surface area is 275 Å². The van der Waals surface area contributed by atoms with Crippen LogP contribution in [0.1, 0.15) is 72.6 Å². The standard InChI is InChI=1S/C39H39FN2O5/c1-39(2,3)27-15-11-23(12-16-27)25-19-30-35(32(43)20-25)36(24-13-17-28(40)18-14-24)42(31-10-8-7-9-29(31)41-30)38(44)26-21-33(45-4)37(47-6)34(22-26)46-5/h7-18,21-22,25,36,41H,19-20H2,1-6H3/t25-,36-/m0/s1. The molecule has 0 aromatic heterocycles. The Balaban J connectivity index is 1.52. The molecule has 0 bridgehead atoms. The zero-order chi connectivity index (χ0) is 33.5. The van der Waals surface area contributed by atoms with Crippen molar-refractivity contribution in [1.82, 2.24) is 0 Å². The summed E-state index contributed by atoms with van der Waals surface area (Å²) in [6, 6.07) is 24.3. The average molecular weight is 635 g/mol. The Kier molecular flexibility index (Phi) is 8.53. The lowest BCUT2D eigenvalue weighted by molar-refractivity contribution is -0.116. The van der Waals surface area contributed by atoms with Gasteiger partial charge in [0.15, 0.2) is 17.3 Å². The Hall–Kier alpha value is -5.11. The Morgan fingerprint density at radius 1 is 0.830 bits per heavy atom. The summed E-state index contributed by atoms with van der Waals surface area (Å²) in [6.45, 7) is 6.53. The number of allylic oxidation sites excluding steroid dienone is 1. The lowest BCUT2D eigenvalue weighted by Gasteiger charge is -2.35. The molecule has 4 aromatic carbocycles. The van der Waals surface area contributed by atoms with Crippen LogP contribution < -0.4 is 24.4 Å². The molecule has 6 rings (SSSR count). The minimum absolute atomic E-state index is 0.0134. The molecule has 7 nitrogen and oxygen atoms in total. The number of nitrogens with one attached hydrogen (secondary N) is 1. The van der Waals surface area contributed by atoms with Crippen LogP contribution in [0.5, 0.6) is 17.2 Å². The predicted octanol–water partition coefficient (Wildman–Crippen LogP) is 8.36. The molecule has 0 saturated heterocycles. The molecule has 2 aliphatic rings. The van der Waals surface area contributed by atoms with Gasteiger partial charge in [0, 0.05) is 23.3 Å². The number of anilines is 2. The Morgan fingerprint density at radius 3 is 2.04 bits per heavy atom. The highest BCUT2D eigenvalue weighted by Crippen LogP contribution is 2.49. The van der Waals surface area contributed by atoms with E-state index in [0.29, 0.717) is 46.2 Å². The van der Waals surface area contributed by atoms with Crippen molar-refractivity contribution in [3.8, 4) is 17.2 Å². The van der Waals surface area contributed by atoms with Gasteiger partial charge < -0.3 is 19.5 Å². The molecular formula is C39H39FN2O5. The second-order valence-corrected chi connectivity index (χ2v) is 13.0. The van der Waals surface area contributed by atoms with E-state index in [1.165, 1.54) is 39.0 Å². The highest BCUT2D eigenvalue weighted by molar-refractivity contribution is 6.12. The molecule has 0 saturated carbocycles. The fourth-order valence-electron chi connectivity index (χ4n) is 6.61. The SMILES string of the molecule is COc1cc(C(=O)N2c3ccccc3NC3=C(C(=O)C[C@@H](c4ccc(C(C)(C)C)cc4)C3)[C@@H]2c2ccc(F)cc2)cc(OC)c1OC. The quantitative estimate of drug-likeness (QED) is 0.230. The first-order valence-electron chi connectivity index (χ1n) is 15.7. The minimum Gasteiger partial charge on any atom is -0.493 e. The van der Waals surface area contributed by atoms with Crippen LogP contribution in [0.3, 0.4) is 0 Å². The zero-order valence-electron chi connectivity index (χ0n) is 27.5. The number of nitrogens with zero attached hydrogens (tertiary/aromatic N) is 1. The van der Waals surface area contributed by atoms with Crippen molar-refractivity contribution in [3.63, 3.8) is 0 Å². The summed E-state index contributed by atoms with van der Waals surface area (Å²) in [5.74, 6) is 0.0660. The van der Waals surface area contributed by atoms with Crippen LogP contribution in [0.25, 0.3) is 0 Å². The van der Waals surface area contributed by atoms with Crippen molar-refractivity contribution in [3.05, 3.63) is 124 Å². The largest absolute Gasteiger partial charge is 0.493 e. The van der Waals surface area contributed by atoms with Gasteiger partial charge in [0.05, 0.1) is 38.7 Å². The number of ketones is 1. The molecule has 0 radical (unpaired) electrons. The van der Waals surface area contributed by atoms with Crippen molar-refractivity contribution in [1.29, 1.82) is 0 Å². The number of halogens is 1. The van der Waals surface area contributed by atoms with E-state index in [4.69, 9.17) is 14.2 Å². The number of para-hydroxylation sites is 2. The van der Waals surface area contributed by atoms with Gasteiger partial charge in [-0.2, -0.15) is 0 Å². The molecule has 47 heavy (non-hydrogen) atoms. The van der Waals surface area contributed by atoms with Crippen LogP contribution in [-0.4, -0.2) is 33.0 Å². The third kappa shape index (κ3) is 5.96.